The number of para-hydroxylation sites is 1. The zero-order chi connectivity index (χ0) is 17.3. The highest BCUT2D eigenvalue weighted by Gasteiger charge is 2.28. The predicted molar refractivity (Wildman–Crippen MR) is 88.9 cm³/mol. The highest BCUT2D eigenvalue weighted by Crippen LogP contribution is 2.23. The quantitative estimate of drug-likeness (QED) is 0.872. The maximum absolute atomic E-state index is 12.6. The van der Waals surface area contributed by atoms with Crippen molar-refractivity contribution in [3.8, 4) is 0 Å². The number of ketones is 1. The van der Waals surface area contributed by atoms with E-state index in [1.54, 1.807) is 15.7 Å². The zero-order valence-corrected chi connectivity index (χ0v) is 13.6. The highest BCUT2D eigenvalue weighted by atomic mass is 16.4. The number of fused-ring (bicyclic) bond motifs is 1. The second-order valence-electron chi connectivity index (χ2n) is 6.26. The molecule has 1 aliphatic heterocycles. The van der Waals surface area contributed by atoms with Crippen molar-refractivity contribution in [2.45, 2.75) is 26.3 Å². The molecule has 1 aromatic heterocycles. The first-order chi connectivity index (χ1) is 11.5. The number of piperidine rings is 1. The van der Waals surface area contributed by atoms with Gasteiger partial charge in [-0.25, -0.2) is 0 Å². The van der Waals surface area contributed by atoms with Gasteiger partial charge >= 0.3 is 5.97 Å². The van der Waals surface area contributed by atoms with Crippen LogP contribution in [0.2, 0.25) is 0 Å². The van der Waals surface area contributed by atoms with Crippen LogP contribution in [-0.2, 0) is 16.1 Å². The standard InChI is InChI=1S/C18H20N2O4/c1-12(21)15-10-20(16-7-3-2-6-14(15)16)11-17(22)19-8-4-5-13(9-19)18(23)24/h2-3,6-7,10,13H,4-5,8-9,11H2,1H3,(H,23,24). The number of aliphatic carboxylic acids is 1. The van der Waals surface area contributed by atoms with Crippen LogP contribution in [0.5, 0.6) is 0 Å². The van der Waals surface area contributed by atoms with Crippen molar-refractivity contribution in [3.63, 3.8) is 0 Å². The van der Waals surface area contributed by atoms with Gasteiger partial charge in [0.05, 0.1) is 5.92 Å². The van der Waals surface area contributed by atoms with Gasteiger partial charge in [-0.1, -0.05) is 18.2 Å². The van der Waals surface area contributed by atoms with Gasteiger partial charge in [0.1, 0.15) is 6.54 Å². The van der Waals surface area contributed by atoms with Crippen molar-refractivity contribution in [3.05, 3.63) is 36.0 Å². The van der Waals surface area contributed by atoms with Crippen molar-refractivity contribution >= 4 is 28.6 Å². The number of carbonyl (C=O) groups excluding carboxylic acids is 2. The molecule has 0 bridgehead atoms. The van der Waals surface area contributed by atoms with Crippen LogP contribution in [0.15, 0.2) is 30.5 Å². The number of hydrogen-bond donors (Lipinski definition) is 1. The topological polar surface area (TPSA) is 79.6 Å². The maximum Gasteiger partial charge on any atom is 0.308 e. The van der Waals surface area contributed by atoms with Crippen LogP contribution in [0.25, 0.3) is 10.9 Å². The molecule has 1 fully saturated rings. The lowest BCUT2D eigenvalue weighted by atomic mass is 9.98. The number of nitrogens with zero attached hydrogens (tertiary/aromatic N) is 2. The Labute approximate surface area is 139 Å². The summed E-state index contributed by atoms with van der Waals surface area (Å²) in [6.45, 7) is 2.46. The third-order valence-corrected chi connectivity index (χ3v) is 4.60. The van der Waals surface area contributed by atoms with E-state index >= 15 is 0 Å². The van der Waals surface area contributed by atoms with Gasteiger partial charge in [0.2, 0.25) is 5.91 Å². The molecule has 1 unspecified atom stereocenters. The van der Waals surface area contributed by atoms with Gasteiger partial charge in [-0.2, -0.15) is 0 Å². The molecule has 2 heterocycles. The molecule has 1 N–H and O–H groups in total. The number of carboxylic acids is 1. The van der Waals surface area contributed by atoms with E-state index in [0.29, 0.717) is 24.9 Å². The fourth-order valence-electron chi connectivity index (χ4n) is 3.31. The predicted octanol–water partition coefficient (Wildman–Crippen LogP) is 2.17. The van der Waals surface area contributed by atoms with Crippen molar-refractivity contribution in [1.82, 2.24) is 9.47 Å². The van der Waals surface area contributed by atoms with Crippen LogP contribution in [0, 0.1) is 5.92 Å². The van der Waals surface area contributed by atoms with Crippen LogP contribution >= 0.6 is 0 Å². The normalized spacial score (nSPS) is 17.9. The number of aromatic nitrogens is 1. The van der Waals surface area contributed by atoms with E-state index in [1.807, 2.05) is 24.3 Å². The first-order valence-electron chi connectivity index (χ1n) is 8.06. The molecule has 24 heavy (non-hydrogen) atoms. The molecule has 0 saturated carbocycles. The van der Waals surface area contributed by atoms with Gasteiger partial charge in [0.15, 0.2) is 5.78 Å². The Bertz CT molecular complexity index is 808. The summed E-state index contributed by atoms with van der Waals surface area (Å²) in [7, 11) is 0. The Morgan fingerprint density at radius 2 is 2.00 bits per heavy atom. The molecule has 6 nitrogen and oxygen atoms in total. The third kappa shape index (κ3) is 3.04. The van der Waals surface area contributed by atoms with Crippen LogP contribution in [-0.4, -0.2) is 45.3 Å². The van der Waals surface area contributed by atoms with Crippen molar-refractivity contribution < 1.29 is 19.5 Å². The lowest BCUT2D eigenvalue weighted by Gasteiger charge is -2.30. The number of benzene rings is 1. The fourth-order valence-corrected chi connectivity index (χ4v) is 3.31. The van der Waals surface area contributed by atoms with E-state index in [9.17, 15) is 14.4 Å². The number of carbonyl (C=O) groups is 3. The second kappa shape index (κ2) is 6.47. The van der Waals surface area contributed by atoms with Gasteiger partial charge in [-0.3, -0.25) is 14.4 Å². The van der Waals surface area contributed by atoms with E-state index in [-0.39, 0.29) is 24.8 Å². The molecule has 0 spiro atoms. The average Bonchev–Trinajstić information content (AvgIpc) is 2.94. The number of amides is 1. The van der Waals surface area contributed by atoms with Crippen LogP contribution in [0.1, 0.15) is 30.1 Å². The van der Waals surface area contributed by atoms with E-state index in [0.717, 1.165) is 10.9 Å². The molecular formula is C18H20N2O4. The van der Waals surface area contributed by atoms with Gasteiger partial charge < -0.3 is 14.6 Å². The minimum atomic E-state index is -0.849. The summed E-state index contributed by atoms with van der Waals surface area (Å²) in [5.41, 5.74) is 1.43. The van der Waals surface area contributed by atoms with Crippen molar-refractivity contribution in [2.75, 3.05) is 13.1 Å². The molecule has 126 valence electrons. The summed E-state index contributed by atoms with van der Waals surface area (Å²) in [6.07, 6.45) is 3.03. The highest BCUT2D eigenvalue weighted by molar-refractivity contribution is 6.07. The van der Waals surface area contributed by atoms with E-state index in [1.165, 1.54) is 6.92 Å². The summed E-state index contributed by atoms with van der Waals surface area (Å²) >= 11 is 0. The largest absolute Gasteiger partial charge is 0.481 e. The summed E-state index contributed by atoms with van der Waals surface area (Å²) in [5.74, 6) is -1.49. The number of Topliss-reactive ketones (excluding diaryl/α,β-unsaturated/α-hetero) is 1. The van der Waals surface area contributed by atoms with Gasteiger partial charge in [0, 0.05) is 35.8 Å². The maximum atomic E-state index is 12.6. The van der Waals surface area contributed by atoms with Crippen LogP contribution < -0.4 is 0 Å². The first kappa shape index (κ1) is 16.2. The Morgan fingerprint density at radius 1 is 1.25 bits per heavy atom. The minimum Gasteiger partial charge on any atom is -0.481 e. The monoisotopic (exact) mass is 328 g/mol. The molecular weight excluding hydrogens is 308 g/mol. The summed E-state index contributed by atoms with van der Waals surface area (Å²) in [6, 6.07) is 7.48. The van der Waals surface area contributed by atoms with E-state index in [4.69, 9.17) is 5.11 Å². The second-order valence-corrected chi connectivity index (χ2v) is 6.26. The van der Waals surface area contributed by atoms with Crippen molar-refractivity contribution in [2.24, 2.45) is 5.92 Å². The molecule has 0 radical (unpaired) electrons. The number of rotatable bonds is 4. The fraction of sp³-hybridized carbons (Fsp3) is 0.389. The average molecular weight is 328 g/mol. The Morgan fingerprint density at radius 3 is 2.71 bits per heavy atom. The van der Waals surface area contributed by atoms with Gasteiger partial charge in [-0.15, -0.1) is 0 Å². The number of likely N-dealkylation sites (tertiary alicyclic amines) is 1. The van der Waals surface area contributed by atoms with E-state index in [2.05, 4.69) is 0 Å². The smallest absolute Gasteiger partial charge is 0.308 e. The minimum absolute atomic E-state index is 0.0405. The Kier molecular flexibility index (Phi) is 4.38. The number of carboxylic acid groups (broad SMARTS) is 1. The molecule has 1 aromatic carbocycles. The molecule has 1 aliphatic rings. The van der Waals surface area contributed by atoms with Crippen molar-refractivity contribution in [1.29, 1.82) is 0 Å². The molecule has 0 aliphatic carbocycles. The molecule has 1 atom stereocenters. The first-order valence-corrected chi connectivity index (χ1v) is 8.06. The number of hydrogen-bond acceptors (Lipinski definition) is 3. The molecule has 3 rings (SSSR count). The summed E-state index contributed by atoms with van der Waals surface area (Å²) in [4.78, 5) is 37.2. The molecule has 1 saturated heterocycles. The summed E-state index contributed by atoms with van der Waals surface area (Å²) in [5, 5.41) is 9.99. The Hall–Kier alpha value is -2.63. The van der Waals surface area contributed by atoms with Crippen LogP contribution in [0.4, 0.5) is 0 Å². The SMILES string of the molecule is CC(=O)c1cn(CC(=O)N2CCCC(C(=O)O)C2)c2ccccc12. The third-order valence-electron chi connectivity index (χ3n) is 4.60. The lowest BCUT2D eigenvalue weighted by molar-refractivity contribution is -0.145. The molecule has 1 amide bonds. The summed E-state index contributed by atoms with van der Waals surface area (Å²) < 4.78 is 1.78. The van der Waals surface area contributed by atoms with Gasteiger partial charge in [-0.05, 0) is 25.8 Å². The van der Waals surface area contributed by atoms with Crippen LogP contribution in [0.3, 0.4) is 0 Å². The molecule has 2 aromatic rings. The zero-order valence-electron chi connectivity index (χ0n) is 13.6. The van der Waals surface area contributed by atoms with Gasteiger partial charge in [0.25, 0.3) is 0 Å². The van der Waals surface area contributed by atoms with E-state index < -0.39 is 11.9 Å². The lowest BCUT2D eigenvalue weighted by Crippen LogP contribution is -2.43. The Balaban J connectivity index is 1.83. The molecule has 6 heteroatoms.